The van der Waals surface area contributed by atoms with Crippen LogP contribution in [0.15, 0.2) is 74.8 Å². The van der Waals surface area contributed by atoms with Crippen LogP contribution in [0.3, 0.4) is 0 Å². The van der Waals surface area contributed by atoms with Gasteiger partial charge in [0.25, 0.3) is 5.56 Å². The lowest BCUT2D eigenvalue weighted by atomic mass is 10.2. The molecule has 9 heteroatoms. The molecular formula is C22H22N6O3. The lowest BCUT2D eigenvalue weighted by Gasteiger charge is -2.25. The minimum absolute atomic E-state index is 0.0739. The van der Waals surface area contributed by atoms with E-state index >= 15 is 0 Å². The van der Waals surface area contributed by atoms with Gasteiger partial charge in [0, 0.05) is 6.54 Å². The molecule has 2 heterocycles. The zero-order valence-electron chi connectivity index (χ0n) is 17.0. The van der Waals surface area contributed by atoms with E-state index in [-0.39, 0.29) is 24.6 Å². The van der Waals surface area contributed by atoms with Gasteiger partial charge in [-0.1, -0.05) is 65.8 Å². The fourth-order valence-electron chi connectivity index (χ4n) is 3.39. The number of aromatic amines is 1. The average molecular weight is 418 g/mol. The Hall–Kier alpha value is -4.14. The summed E-state index contributed by atoms with van der Waals surface area (Å²) in [6, 6.07) is 19.0. The summed E-state index contributed by atoms with van der Waals surface area (Å²) in [7, 11) is 0. The van der Waals surface area contributed by atoms with Crippen LogP contribution in [-0.4, -0.2) is 19.7 Å². The molecule has 31 heavy (non-hydrogen) atoms. The highest BCUT2D eigenvalue weighted by atomic mass is 16.5. The topological polar surface area (TPSA) is 123 Å². The summed E-state index contributed by atoms with van der Waals surface area (Å²) in [5.41, 5.74) is 7.26. The molecule has 0 atom stereocenters. The van der Waals surface area contributed by atoms with Crippen LogP contribution in [0.2, 0.25) is 0 Å². The number of nitrogens with one attached hydrogen (secondary N) is 1. The Morgan fingerprint density at radius 2 is 1.65 bits per heavy atom. The monoisotopic (exact) mass is 418 g/mol. The minimum Gasteiger partial charge on any atom is -0.383 e. The van der Waals surface area contributed by atoms with Crippen LogP contribution in [-0.2, 0) is 19.6 Å². The smallest absolute Gasteiger partial charge is 0.330 e. The van der Waals surface area contributed by atoms with E-state index in [0.717, 1.165) is 11.1 Å². The van der Waals surface area contributed by atoms with Crippen LogP contribution >= 0.6 is 0 Å². The fourth-order valence-corrected chi connectivity index (χ4v) is 3.39. The van der Waals surface area contributed by atoms with Gasteiger partial charge in [0.1, 0.15) is 11.5 Å². The van der Waals surface area contributed by atoms with Crippen molar-refractivity contribution in [2.24, 2.45) is 0 Å². The summed E-state index contributed by atoms with van der Waals surface area (Å²) >= 11 is 0. The third-order valence-electron chi connectivity index (χ3n) is 4.83. The first-order valence-electron chi connectivity index (χ1n) is 9.76. The Bertz CT molecular complexity index is 1280. The standard InChI is InChI=1S/C22H22N6O3/c1-15-24-18(31-26-15)14-27(12-16-8-4-2-5-9-16)19-20(23)28(22(30)25-21(19)29)13-17-10-6-3-7-11-17/h2-11H,12-14,23H2,1H3,(H,25,29,30). The number of hydrogen-bond donors (Lipinski definition) is 2. The maximum Gasteiger partial charge on any atom is 0.330 e. The predicted molar refractivity (Wildman–Crippen MR) is 117 cm³/mol. The summed E-state index contributed by atoms with van der Waals surface area (Å²) in [5.74, 6) is 0.906. The molecule has 2 aromatic carbocycles. The number of aromatic nitrogens is 4. The number of H-pyrrole nitrogens is 1. The summed E-state index contributed by atoms with van der Waals surface area (Å²) in [6.45, 7) is 2.47. The maximum absolute atomic E-state index is 12.8. The second kappa shape index (κ2) is 8.70. The summed E-state index contributed by atoms with van der Waals surface area (Å²) in [4.78, 5) is 33.7. The van der Waals surface area contributed by atoms with Crippen molar-refractivity contribution in [1.29, 1.82) is 0 Å². The van der Waals surface area contributed by atoms with E-state index in [1.807, 2.05) is 60.7 Å². The molecule has 0 spiro atoms. The summed E-state index contributed by atoms with van der Waals surface area (Å²) < 4.78 is 6.61. The van der Waals surface area contributed by atoms with Crippen molar-refractivity contribution < 1.29 is 4.52 Å². The SMILES string of the molecule is Cc1noc(CN(Cc2ccccc2)c2c(N)n(Cc3ccccc3)c(=O)[nH]c2=O)n1. The van der Waals surface area contributed by atoms with Crippen molar-refractivity contribution in [3.05, 3.63) is 104 Å². The zero-order valence-corrected chi connectivity index (χ0v) is 17.0. The number of nitrogen functional groups attached to an aromatic ring is 1. The molecule has 0 aliphatic rings. The molecule has 0 unspecified atom stereocenters. The van der Waals surface area contributed by atoms with E-state index in [9.17, 15) is 9.59 Å². The van der Waals surface area contributed by atoms with Gasteiger partial charge in [-0.15, -0.1) is 0 Å². The Labute approximate surface area is 177 Å². The Morgan fingerprint density at radius 3 is 2.26 bits per heavy atom. The largest absolute Gasteiger partial charge is 0.383 e. The molecule has 0 saturated heterocycles. The zero-order chi connectivity index (χ0) is 21.8. The van der Waals surface area contributed by atoms with Crippen molar-refractivity contribution in [2.75, 3.05) is 10.6 Å². The fraction of sp³-hybridized carbons (Fsp3) is 0.182. The first kappa shape index (κ1) is 20.1. The van der Waals surface area contributed by atoms with Crippen molar-refractivity contribution in [3.63, 3.8) is 0 Å². The minimum atomic E-state index is -0.570. The summed E-state index contributed by atoms with van der Waals surface area (Å²) in [5, 5.41) is 3.82. The second-order valence-electron chi connectivity index (χ2n) is 7.14. The molecule has 0 saturated carbocycles. The number of rotatable bonds is 7. The molecular weight excluding hydrogens is 396 g/mol. The molecule has 0 amide bonds. The second-order valence-corrected chi connectivity index (χ2v) is 7.14. The molecule has 9 nitrogen and oxygen atoms in total. The van der Waals surface area contributed by atoms with Crippen LogP contribution in [0, 0.1) is 6.92 Å². The molecule has 2 aromatic heterocycles. The van der Waals surface area contributed by atoms with Gasteiger partial charge in [-0.3, -0.25) is 14.3 Å². The Morgan fingerprint density at radius 1 is 1.00 bits per heavy atom. The van der Waals surface area contributed by atoms with Gasteiger partial charge < -0.3 is 15.2 Å². The molecule has 3 N–H and O–H groups in total. The molecule has 0 aliphatic carbocycles. The van der Waals surface area contributed by atoms with Gasteiger partial charge in [-0.2, -0.15) is 4.98 Å². The van der Waals surface area contributed by atoms with E-state index in [2.05, 4.69) is 15.1 Å². The highest BCUT2D eigenvalue weighted by Crippen LogP contribution is 2.22. The van der Waals surface area contributed by atoms with Crippen molar-refractivity contribution in [2.45, 2.75) is 26.6 Å². The van der Waals surface area contributed by atoms with Crippen molar-refractivity contribution in [1.82, 2.24) is 19.7 Å². The van der Waals surface area contributed by atoms with Gasteiger partial charge in [0.2, 0.25) is 5.89 Å². The molecule has 0 bridgehead atoms. The van der Waals surface area contributed by atoms with Gasteiger partial charge in [-0.05, 0) is 18.1 Å². The third-order valence-corrected chi connectivity index (χ3v) is 4.83. The molecule has 0 radical (unpaired) electrons. The highest BCUT2D eigenvalue weighted by Gasteiger charge is 2.21. The maximum atomic E-state index is 12.8. The Kier molecular flexibility index (Phi) is 5.65. The van der Waals surface area contributed by atoms with E-state index < -0.39 is 11.2 Å². The number of hydrogen-bond acceptors (Lipinski definition) is 7. The van der Waals surface area contributed by atoms with Crippen LogP contribution in [0.1, 0.15) is 22.8 Å². The quantitative estimate of drug-likeness (QED) is 0.471. The van der Waals surface area contributed by atoms with Crippen LogP contribution in [0.4, 0.5) is 11.5 Å². The Balaban J connectivity index is 1.78. The lowest BCUT2D eigenvalue weighted by molar-refractivity contribution is 0.372. The van der Waals surface area contributed by atoms with E-state index in [1.54, 1.807) is 11.8 Å². The normalized spacial score (nSPS) is 10.9. The number of anilines is 2. The van der Waals surface area contributed by atoms with Crippen molar-refractivity contribution in [3.8, 4) is 0 Å². The van der Waals surface area contributed by atoms with Crippen molar-refractivity contribution >= 4 is 11.5 Å². The highest BCUT2D eigenvalue weighted by molar-refractivity contribution is 5.62. The summed E-state index contributed by atoms with van der Waals surface area (Å²) in [6.07, 6.45) is 0. The molecule has 4 aromatic rings. The van der Waals surface area contributed by atoms with E-state index in [1.165, 1.54) is 4.57 Å². The first-order chi connectivity index (χ1) is 15.0. The number of aryl methyl sites for hydroxylation is 1. The van der Waals surface area contributed by atoms with Crippen LogP contribution in [0.25, 0.3) is 0 Å². The average Bonchev–Trinajstić information content (AvgIpc) is 3.17. The number of nitrogens with two attached hydrogens (primary N) is 1. The number of nitrogens with zero attached hydrogens (tertiary/aromatic N) is 4. The lowest BCUT2D eigenvalue weighted by Crippen LogP contribution is -2.38. The van der Waals surface area contributed by atoms with Gasteiger partial charge in [0.15, 0.2) is 5.82 Å². The van der Waals surface area contributed by atoms with Gasteiger partial charge in [0.05, 0.1) is 13.1 Å². The third kappa shape index (κ3) is 4.55. The van der Waals surface area contributed by atoms with E-state index in [0.29, 0.717) is 18.3 Å². The van der Waals surface area contributed by atoms with Gasteiger partial charge in [-0.25, -0.2) is 4.79 Å². The molecule has 4 rings (SSSR count). The molecule has 0 aliphatic heterocycles. The first-order valence-corrected chi connectivity index (χ1v) is 9.76. The number of benzene rings is 2. The molecule has 158 valence electrons. The van der Waals surface area contributed by atoms with Crippen LogP contribution in [0.5, 0.6) is 0 Å². The van der Waals surface area contributed by atoms with Gasteiger partial charge >= 0.3 is 5.69 Å². The van der Waals surface area contributed by atoms with Crippen LogP contribution < -0.4 is 21.9 Å². The van der Waals surface area contributed by atoms with E-state index in [4.69, 9.17) is 10.3 Å². The predicted octanol–water partition coefficient (Wildman–Crippen LogP) is 2.07. The molecule has 0 fully saturated rings.